The van der Waals surface area contributed by atoms with E-state index in [1.54, 1.807) is 11.3 Å². The molecule has 0 amide bonds. The molecule has 0 atom stereocenters. The molecular formula is C22H17ClN2S2. The van der Waals surface area contributed by atoms with Gasteiger partial charge in [-0.1, -0.05) is 54.1 Å². The van der Waals surface area contributed by atoms with Gasteiger partial charge < -0.3 is 4.90 Å². The number of hydrogen-bond acceptors (Lipinski definition) is 4. The molecule has 0 bridgehead atoms. The highest BCUT2D eigenvalue weighted by molar-refractivity contribution is 7.19. The van der Waals surface area contributed by atoms with Crippen molar-refractivity contribution in [2.75, 3.05) is 4.90 Å². The van der Waals surface area contributed by atoms with Crippen molar-refractivity contribution < 1.29 is 0 Å². The molecule has 0 fully saturated rings. The first-order chi connectivity index (χ1) is 13.3. The molecule has 27 heavy (non-hydrogen) atoms. The number of fused-ring (bicyclic) bond motifs is 1. The van der Waals surface area contributed by atoms with Gasteiger partial charge in [0.15, 0.2) is 0 Å². The molecule has 0 saturated carbocycles. The third-order valence-electron chi connectivity index (χ3n) is 4.85. The van der Waals surface area contributed by atoms with Crippen LogP contribution in [0.25, 0.3) is 10.6 Å². The molecule has 5 heteroatoms. The van der Waals surface area contributed by atoms with E-state index in [2.05, 4.69) is 52.7 Å². The van der Waals surface area contributed by atoms with Gasteiger partial charge in [0.25, 0.3) is 0 Å². The van der Waals surface area contributed by atoms with Crippen LogP contribution in [0.15, 0.2) is 66.0 Å². The Morgan fingerprint density at radius 2 is 1.67 bits per heavy atom. The fourth-order valence-corrected chi connectivity index (χ4v) is 5.49. The van der Waals surface area contributed by atoms with Gasteiger partial charge in [-0.25, -0.2) is 4.98 Å². The van der Waals surface area contributed by atoms with Gasteiger partial charge in [0, 0.05) is 29.9 Å². The van der Waals surface area contributed by atoms with E-state index in [-0.39, 0.29) is 0 Å². The molecular weight excluding hydrogens is 392 g/mol. The third-order valence-corrected chi connectivity index (χ3v) is 7.23. The van der Waals surface area contributed by atoms with Gasteiger partial charge in [0.2, 0.25) is 0 Å². The summed E-state index contributed by atoms with van der Waals surface area (Å²) < 4.78 is 0. The van der Waals surface area contributed by atoms with Gasteiger partial charge in [-0.05, 0) is 34.9 Å². The predicted molar refractivity (Wildman–Crippen MR) is 116 cm³/mol. The van der Waals surface area contributed by atoms with Crippen LogP contribution in [0.2, 0.25) is 5.02 Å². The highest BCUT2D eigenvalue weighted by atomic mass is 35.5. The van der Waals surface area contributed by atoms with E-state index >= 15 is 0 Å². The SMILES string of the molecule is Clc1ccccc1Cc1nc(-c2ccc(N3Cc4ccccc4C3)s2)cs1. The molecule has 0 unspecified atom stereocenters. The number of thiophene rings is 1. The summed E-state index contributed by atoms with van der Waals surface area (Å²) in [5.74, 6) is 0. The summed E-state index contributed by atoms with van der Waals surface area (Å²) in [7, 11) is 0. The molecule has 0 saturated heterocycles. The van der Waals surface area contributed by atoms with E-state index in [0.29, 0.717) is 0 Å². The van der Waals surface area contributed by atoms with Crippen LogP contribution in [0.5, 0.6) is 0 Å². The monoisotopic (exact) mass is 408 g/mol. The van der Waals surface area contributed by atoms with Crippen LogP contribution in [0, 0.1) is 0 Å². The molecule has 5 rings (SSSR count). The molecule has 2 aromatic carbocycles. The van der Waals surface area contributed by atoms with Crippen molar-refractivity contribution in [1.29, 1.82) is 0 Å². The summed E-state index contributed by atoms with van der Waals surface area (Å²) in [6.45, 7) is 1.98. The van der Waals surface area contributed by atoms with Crippen LogP contribution < -0.4 is 4.90 Å². The second-order valence-electron chi connectivity index (χ2n) is 6.66. The lowest BCUT2D eigenvalue weighted by Gasteiger charge is -2.14. The Labute approximate surface area is 171 Å². The minimum Gasteiger partial charge on any atom is -0.355 e. The summed E-state index contributed by atoms with van der Waals surface area (Å²) >= 11 is 9.81. The number of rotatable bonds is 4. The van der Waals surface area contributed by atoms with Crippen molar-refractivity contribution in [1.82, 2.24) is 4.98 Å². The zero-order valence-electron chi connectivity index (χ0n) is 14.6. The zero-order chi connectivity index (χ0) is 18.2. The van der Waals surface area contributed by atoms with Crippen LogP contribution >= 0.6 is 34.3 Å². The fourth-order valence-electron chi connectivity index (χ4n) is 3.43. The Morgan fingerprint density at radius 1 is 0.926 bits per heavy atom. The molecule has 1 aliphatic heterocycles. The van der Waals surface area contributed by atoms with Crippen LogP contribution in [0.3, 0.4) is 0 Å². The molecule has 0 spiro atoms. The standard InChI is InChI=1S/C22H17ClN2S2/c23-18-8-4-3-5-15(18)11-21-24-19(14-26-21)20-9-10-22(27-20)25-12-16-6-1-2-7-17(16)13-25/h1-10,14H,11-13H2. The lowest BCUT2D eigenvalue weighted by molar-refractivity contribution is 0.892. The molecule has 0 N–H and O–H groups in total. The quantitative estimate of drug-likeness (QED) is 0.376. The minimum absolute atomic E-state index is 0.782. The van der Waals surface area contributed by atoms with E-state index in [1.807, 2.05) is 29.5 Å². The molecule has 4 aromatic rings. The van der Waals surface area contributed by atoms with E-state index < -0.39 is 0 Å². The van der Waals surface area contributed by atoms with Crippen LogP contribution in [-0.4, -0.2) is 4.98 Å². The summed E-state index contributed by atoms with van der Waals surface area (Å²) in [4.78, 5) is 8.51. The topological polar surface area (TPSA) is 16.1 Å². The first kappa shape index (κ1) is 17.0. The van der Waals surface area contributed by atoms with E-state index in [0.717, 1.165) is 40.8 Å². The number of halogens is 1. The van der Waals surface area contributed by atoms with Gasteiger partial charge in [-0.15, -0.1) is 22.7 Å². The second kappa shape index (κ2) is 7.12. The van der Waals surface area contributed by atoms with Gasteiger partial charge >= 0.3 is 0 Å². The fraction of sp³-hybridized carbons (Fsp3) is 0.136. The third kappa shape index (κ3) is 3.41. The first-order valence-electron chi connectivity index (χ1n) is 8.86. The van der Waals surface area contributed by atoms with Crippen molar-refractivity contribution in [2.24, 2.45) is 0 Å². The molecule has 2 aromatic heterocycles. The highest BCUT2D eigenvalue weighted by Crippen LogP contribution is 2.38. The zero-order valence-corrected chi connectivity index (χ0v) is 16.9. The number of anilines is 1. The number of hydrogen-bond donors (Lipinski definition) is 0. The molecule has 0 radical (unpaired) electrons. The first-order valence-corrected chi connectivity index (χ1v) is 10.9. The van der Waals surface area contributed by atoms with E-state index in [1.165, 1.54) is 21.0 Å². The maximum Gasteiger partial charge on any atom is 0.0977 e. The van der Waals surface area contributed by atoms with Crippen molar-refractivity contribution in [3.8, 4) is 10.6 Å². The summed E-state index contributed by atoms with van der Waals surface area (Å²) in [6.07, 6.45) is 0.782. The van der Waals surface area contributed by atoms with Crippen LogP contribution in [-0.2, 0) is 19.5 Å². The molecule has 1 aliphatic rings. The molecule has 134 valence electrons. The van der Waals surface area contributed by atoms with E-state index in [4.69, 9.17) is 16.6 Å². The van der Waals surface area contributed by atoms with Crippen molar-refractivity contribution in [3.05, 3.63) is 92.8 Å². The highest BCUT2D eigenvalue weighted by Gasteiger charge is 2.20. The average molecular weight is 409 g/mol. The minimum atomic E-state index is 0.782. The maximum atomic E-state index is 6.29. The van der Waals surface area contributed by atoms with Gasteiger partial charge in [0.1, 0.15) is 0 Å². The van der Waals surface area contributed by atoms with Gasteiger partial charge in [0.05, 0.1) is 20.6 Å². The Balaban J connectivity index is 1.34. The predicted octanol–water partition coefficient (Wildman–Crippen LogP) is 6.64. The molecule has 0 aliphatic carbocycles. The number of thiazole rings is 1. The van der Waals surface area contributed by atoms with Crippen molar-refractivity contribution >= 4 is 39.3 Å². The van der Waals surface area contributed by atoms with Crippen molar-refractivity contribution in [2.45, 2.75) is 19.5 Å². The number of benzene rings is 2. The normalized spacial score (nSPS) is 13.1. The van der Waals surface area contributed by atoms with Gasteiger partial charge in [-0.2, -0.15) is 0 Å². The van der Waals surface area contributed by atoms with Crippen LogP contribution in [0.1, 0.15) is 21.7 Å². The summed E-state index contributed by atoms with van der Waals surface area (Å²) in [6, 6.07) is 21.1. The van der Waals surface area contributed by atoms with Crippen LogP contribution in [0.4, 0.5) is 5.00 Å². The lowest BCUT2D eigenvalue weighted by atomic mass is 10.1. The van der Waals surface area contributed by atoms with Gasteiger partial charge in [-0.3, -0.25) is 0 Å². The Kier molecular flexibility index (Phi) is 4.48. The molecule has 2 nitrogen and oxygen atoms in total. The largest absolute Gasteiger partial charge is 0.355 e. The van der Waals surface area contributed by atoms with Crippen molar-refractivity contribution in [3.63, 3.8) is 0 Å². The molecule has 3 heterocycles. The number of aromatic nitrogens is 1. The van der Waals surface area contributed by atoms with E-state index in [9.17, 15) is 0 Å². The Hall–Kier alpha value is -2.14. The lowest BCUT2D eigenvalue weighted by Crippen LogP contribution is -2.12. The maximum absolute atomic E-state index is 6.29. The summed E-state index contributed by atoms with van der Waals surface area (Å²) in [5.41, 5.74) is 5.06. The summed E-state index contributed by atoms with van der Waals surface area (Å²) in [5, 5.41) is 5.37. The Bertz CT molecular complexity index is 1070. The smallest absolute Gasteiger partial charge is 0.0977 e. The average Bonchev–Trinajstić information content (AvgIpc) is 3.42. The second-order valence-corrected chi connectivity index (χ2v) is 9.07. The number of nitrogens with zero attached hydrogens (tertiary/aromatic N) is 2. The Morgan fingerprint density at radius 3 is 2.44 bits per heavy atom.